The van der Waals surface area contributed by atoms with E-state index in [1.807, 2.05) is 48.5 Å². The molecule has 0 saturated heterocycles. The van der Waals surface area contributed by atoms with Crippen LogP contribution in [0.15, 0.2) is 79.4 Å². The van der Waals surface area contributed by atoms with Gasteiger partial charge in [-0.15, -0.1) is 0 Å². The van der Waals surface area contributed by atoms with Crippen molar-refractivity contribution in [3.05, 3.63) is 90.5 Å². The van der Waals surface area contributed by atoms with E-state index in [1.165, 1.54) is 0 Å². The molecule has 2 aromatic rings. The van der Waals surface area contributed by atoms with E-state index in [9.17, 15) is 0 Å². The maximum atomic E-state index is 6.20. The summed E-state index contributed by atoms with van der Waals surface area (Å²) in [6.07, 6.45) is 3.75. The summed E-state index contributed by atoms with van der Waals surface area (Å²) in [7, 11) is 1.68. The lowest BCUT2D eigenvalue weighted by molar-refractivity contribution is -0.103. The zero-order chi connectivity index (χ0) is 17.5. The van der Waals surface area contributed by atoms with Gasteiger partial charge in [0.15, 0.2) is 0 Å². The number of hydrogen-bond donors (Lipinski definition) is 0. The Morgan fingerprint density at radius 2 is 1.68 bits per heavy atom. The molecular weight excluding hydrogens is 312 g/mol. The number of hydrogen-bond acceptors (Lipinski definition) is 3. The molecule has 3 atom stereocenters. The molecule has 0 amide bonds. The molecule has 0 N–H and O–H groups in total. The lowest BCUT2D eigenvalue weighted by atomic mass is 10.0. The molecule has 0 spiro atoms. The van der Waals surface area contributed by atoms with Crippen molar-refractivity contribution in [1.29, 1.82) is 0 Å². The second-order valence-electron chi connectivity index (χ2n) is 6.09. The van der Waals surface area contributed by atoms with E-state index in [0.717, 1.165) is 16.7 Å². The summed E-state index contributed by atoms with van der Waals surface area (Å²) in [6.45, 7) is 5.06. The molecule has 3 nitrogen and oxygen atoms in total. The molecule has 1 heterocycles. The Balaban J connectivity index is 1.65. The van der Waals surface area contributed by atoms with Gasteiger partial charge in [-0.05, 0) is 16.7 Å². The van der Waals surface area contributed by atoms with Crippen LogP contribution in [0, 0.1) is 0 Å². The van der Waals surface area contributed by atoms with Crippen LogP contribution in [-0.2, 0) is 14.2 Å². The first-order valence-electron chi connectivity index (χ1n) is 8.50. The fraction of sp³-hybridized carbons (Fsp3) is 0.273. The third kappa shape index (κ3) is 4.67. The summed E-state index contributed by atoms with van der Waals surface area (Å²) < 4.78 is 17.6. The monoisotopic (exact) mass is 336 g/mol. The first-order valence-corrected chi connectivity index (χ1v) is 8.50. The number of benzene rings is 2. The van der Waals surface area contributed by atoms with Gasteiger partial charge in [0.1, 0.15) is 18.3 Å². The molecule has 0 aliphatic carbocycles. The summed E-state index contributed by atoms with van der Waals surface area (Å²) >= 11 is 0. The summed E-state index contributed by atoms with van der Waals surface area (Å²) in [5.74, 6) is 0. The third-order valence-electron chi connectivity index (χ3n) is 4.25. The molecular formula is C22H24O3. The highest BCUT2D eigenvalue weighted by molar-refractivity contribution is 5.63. The minimum absolute atomic E-state index is 0.0708. The highest BCUT2D eigenvalue weighted by Gasteiger charge is 2.28. The average molecular weight is 336 g/mol. The quantitative estimate of drug-likeness (QED) is 0.700. The zero-order valence-electron chi connectivity index (χ0n) is 14.5. The van der Waals surface area contributed by atoms with E-state index >= 15 is 0 Å². The van der Waals surface area contributed by atoms with Crippen molar-refractivity contribution in [2.24, 2.45) is 0 Å². The van der Waals surface area contributed by atoms with Crippen LogP contribution in [0.5, 0.6) is 0 Å². The Bertz CT molecular complexity index is 694. The molecule has 0 radical (unpaired) electrons. The van der Waals surface area contributed by atoms with Crippen molar-refractivity contribution in [3.8, 4) is 0 Å². The van der Waals surface area contributed by atoms with Crippen LogP contribution in [-0.4, -0.2) is 32.5 Å². The molecule has 3 rings (SSSR count). The van der Waals surface area contributed by atoms with E-state index < -0.39 is 0 Å². The summed E-state index contributed by atoms with van der Waals surface area (Å²) in [6, 6.07) is 20.2. The van der Waals surface area contributed by atoms with E-state index in [1.54, 1.807) is 7.11 Å². The van der Waals surface area contributed by atoms with Crippen LogP contribution in [0.3, 0.4) is 0 Å². The second-order valence-corrected chi connectivity index (χ2v) is 6.09. The molecule has 130 valence electrons. The van der Waals surface area contributed by atoms with Crippen molar-refractivity contribution in [3.63, 3.8) is 0 Å². The third-order valence-corrected chi connectivity index (χ3v) is 4.25. The van der Waals surface area contributed by atoms with Gasteiger partial charge >= 0.3 is 0 Å². The van der Waals surface area contributed by atoms with Crippen LogP contribution >= 0.6 is 0 Å². The molecule has 0 saturated carbocycles. The average Bonchev–Trinajstić information content (AvgIpc) is 2.68. The Kier molecular flexibility index (Phi) is 6.18. The van der Waals surface area contributed by atoms with E-state index in [2.05, 4.69) is 30.9 Å². The van der Waals surface area contributed by atoms with Crippen molar-refractivity contribution < 1.29 is 14.2 Å². The predicted octanol–water partition coefficient (Wildman–Crippen LogP) is 4.43. The minimum atomic E-state index is -0.152. The van der Waals surface area contributed by atoms with Gasteiger partial charge < -0.3 is 14.2 Å². The molecule has 0 bridgehead atoms. The molecule has 1 aliphatic heterocycles. The van der Waals surface area contributed by atoms with Crippen molar-refractivity contribution in [2.75, 3.05) is 20.3 Å². The fourth-order valence-electron chi connectivity index (χ4n) is 2.89. The van der Waals surface area contributed by atoms with Gasteiger partial charge in [-0.3, -0.25) is 0 Å². The molecule has 0 unspecified atom stereocenters. The fourth-order valence-corrected chi connectivity index (χ4v) is 2.89. The van der Waals surface area contributed by atoms with Gasteiger partial charge in [0, 0.05) is 7.11 Å². The maximum Gasteiger partial charge on any atom is 0.112 e. The van der Waals surface area contributed by atoms with Gasteiger partial charge in [0.25, 0.3) is 0 Å². The van der Waals surface area contributed by atoms with E-state index in [0.29, 0.717) is 13.2 Å². The Labute approximate surface area is 149 Å². The SMILES string of the molecule is C=C(CO[C@@H]1C=C[C@@H](c2ccccc2)O[C@@H]1COC)c1ccccc1. The highest BCUT2D eigenvalue weighted by atomic mass is 16.6. The largest absolute Gasteiger partial charge is 0.382 e. The van der Waals surface area contributed by atoms with Gasteiger partial charge in [-0.2, -0.15) is 0 Å². The molecule has 1 aliphatic rings. The Morgan fingerprint density at radius 3 is 2.36 bits per heavy atom. The molecule has 3 heteroatoms. The first kappa shape index (κ1) is 17.6. The molecule has 25 heavy (non-hydrogen) atoms. The van der Waals surface area contributed by atoms with Crippen molar-refractivity contribution in [2.45, 2.75) is 18.3 Å². The lowest BCUT2D eigenvalue weighted by Gasteiger charge is -2.32. The summed E-state index contributed by atoms with van der Waals surface area (Å²) in [5.41, 5.74) is 3.18. The number of methoxy groups -OCH3 is 1. The van der Waals surface area contributed by atoms with Gasteiger partial charge in [-0.25, -0.2) is 0 Å². The van der Waals surface area contributed by atoms with E-state index in [-0.39, 0.29) is 18.3 Å². The van der Waals surface area contributed by atoms with Crippen LogP contribution in [0.1, 0.15) is 17.2 Å². The Morgan fingerprint density at radius 1 is 1.00 bits per heavy atom. The topological polar surface area (TPSA) is 27.7 Å². The predicted molar refractivity (Wildman–Crippen MR) is 100 cm³/mol. The van der Waals surface area contributed by atoms with Gasteiger partial charge in [-0.1, -0.05) is 79.4 Å². The minimum Gasteiger partial charge on any atom is -0.382 e. The van der Waals surface area contributed by atoms with Crippen LogP contribution in [0.4, 0.5) is 0 Å². The maximum absolute atomic E-state index is 6.20. The second kappa shape index (κ2) is 8.77. The highest BCUT2D eigenvalue weighted by Crippen LogP contribution is 2.28. The smallest absolute Gasteiger partial charge is 0.112 e. The summed E-state index contributed by atoms with van der Waals surface area (Å²) in [5, 5.41) is 0. The van der Waals surface area contributed by atoms with Gasteiger partial charge in [0.2, 0.25) is 0 Å². The Hall–Kier alpha value is -2.20. The first-order chi connectivity index (χ1) is 12.3. The lowest BCUT2D eigenvalue weighted by Crippen LogP contribution is -2.38. The van der Waals surface area contributed by atoms with Crippen molar-refractivity contribution >= 4 is 5.57 Å². The van der Waals surface area contributed by atoms with Crippen LogP contribution in [0.2, 0.25) is 0 Å². The van der Waals surface area contributed by atoms with Crippen molar-refractivity contribution in [1.82, 2.24) is 0 Å². The zero-order valence-corrected chi connectivity index (χ0v) is 14.5. The number of rotatable bonds is 7. The van der Waals surface area contributed by atoms with E-state index in [4.69, 9.17) is 14.2 Å². The molecule has 0 aromatic heterocycles. The molecule has 0 fully saturated rings. The molecule has 2 aromatic carbocycles. The standard InChI is InChI=1S/C22H24O3/c1-17(18-9-5-3-6-10-18)15-24-21-14-13-20(25-22(21)16-23-2)19-11-7-4-8-12-19/h3-14,20-22H,1,15-16H2,2H3/t20-,21+,22+/m0/s1. The normalized spacial score (nSPS) is 22.7. The summed E-state index contributed by atoms with van der Waals surface area (Å²) in [4.78, 5) is 0. The van der Waals surface area contributed by atoms with Crippen LogP contribution in [0.25, 0.3) is 5.57 Å². The van der Waals surface area contributed by atoms with Gasteiger partial charge in [0.05, 0.1) is 13.2 Å². The van der Waals surface area contributed by atoms with Crippen LogP contribution < -0.4 is 0 Å². The number of ether oxygens (including phenoxy) is 3.